The second kappa shape index (κ2) is 5.43. The van der Waals surface area contributed by atoms with Crippen LogP contribution in [0.25, 0.3) is 11.1 Å². The molecule has 0 aromatic heterocycles. The fraction of sp³-hybridized carbons (Fsp3) is 0.278. The Morgan fingerprint density at radius 3 is 2.14 bits per heavy atom. The van der Waals surface area contributed by atoms with Crippen LogP contribution < -0.4 is 0 Å². The molecule has 1 amide bonds. The summed E-state index contributed by atoms with van der Waals surface area (Å²) in [5, 5.41) is 0. The van der Waals surface area contributed by atoms with Gasteiger partial charge in [-0.05, 0) is 22.3 Å². The summed E-state index contributed by atoms with van der Waals surface area (Å²) in [5.41, 5.74) is 5.00. The average Bonchev–Trinajstić information content (AvgIpc) is 2.84. The van der Waals surface area contributed by atoms with Gasteiger partial charge in [0, 0.05) is 19.0 Å². The zero-order chi connectivity index (χ0) is 15.1. The van der Waals surface area contributed by atoms with E-state index in [1.54, 1.807) is 4.90 Å². The Morgan fingerprint density at radius 1 is 1.05 bits per heavy atom. The highest BCUT2D eigenvalue weighted by atomic mass is 79.9. The Hall–Kier alpha value is -1.81. The molecular formula is C18H16BrNO2. The van der Waals surface area contributed by atoms with Crippen LogP contribution in [0.15, 0.2) is 48.5 Å². The van der Waals surface area contributed by atoms with Gasteiger partial charge in [-0.15, -0.1) is 0 Å². The zero-order valence-electron chi connectivity index (χ0n) is 12.0. The van der Waals surface area contributed by atoms with Crippen molar-refractivity contribution in [1.29, 1.82) is 0 Å². The average molecular weight is 358 g/mol. The van der Waals surface area contributed by atoms with E-state index in [-0.39, 0.29) is 12.0 Å². The van der Waals surface area contributed by atoms with E-state index in [0.29, 0.717) is 11.4 Å². The van der Waals surface area contributed by atoms with Gasteiger partial charge in [0.25, 0.3) is 0 Å². The van der Waals surface area contributed by atoms with Crippen LogP contribution in [-0.2, 0) is 4.74 Å². The number of halogens is 1. The number of carbonyl (C=O) groups excluding carboxylic acids is 1. The first-order valence-electron chi connectivity index (χ1n) is 7.48. The number of fused-ring (bicyclic) bond motifs is 3. The van der Waals surface area contributed by atoms with Crippen molar-refractivity contribution >= 4 is 22.0 Å². The second-order valence-electron chi connectivity index (χ2n) is 5.81. The lowest BCUT2D eigenvalue weighted by atomic mass is 9.98. The molecule has 112 valence electrons. The molecule has 0 atom stereocenters. The Bertz CT molecular complexity index is 679. The Balaban J connectivity index is 1.55. The van der Waals surface area contributed by atoms with E-state index in [1.807, 2.05) is 12.1 Å². The number of nitrogens with zero attached hydrogens (tertiary/aromatic N) is 1. The van der Waals surface area contributed by atoms with Crippen LogP contribution in [-0.4, -0.2) is 35.5 Å². The molecule has 4 heteroatoms. The lowest BCUT2D eigenvalue weighted by molar-refractivity contribution is 0.0819. The molecule has 0 spiro atoms. The summed E-state index contributed by atoms with van der Waals surface area (Å²) in [6.07, 6.45) is -0.211. The van der Waals surface area contributed by atoms with Crippen LogP contribution in [0.2, 0.25) is 0 Å². The third kappa shape index (κ3) is 2.22. The van der Waals surface area contributed by atoms with Crippen LogP contribution >= 0.6 is 15.9 Å². The third-order valence-electron chi connectivity index (χ3n) is 4.43. The molecule has 1 aliphatic carbocycles. The first-order chi connectivity index (χ1) is 10.7. The number of hydrogen-bond donors (Lipinski definition) is 0. The Morgan fingerprint density at radius 2 is 1.59 bits per heavy atom. The number of likely N-dealkylation sites (tertiary alicyclic amines) is 1. The van der Waals surface area contributed by atoms with Gasteiger partial charge < -0.3 is 9.64 Å². The van der Waals surface area contributed by atoms with Gasteiger partial charge in [0.05, 0.1) is 4.83 Å². The first-order valence-corrected chi connectivity index (χ1v) is 8.39. The Labute approximate surface area is 138 Å². The van der Waals surface area contributed by atoms with Gasteiger partial charge in [-0.2, -0.15) is 0 Å². The monoisotopic (exact) mass is 357 g/mol. The molecule has 0 radical (unpaired) electrons. The SMILES string of the molecule is O=C(OCC1c2ccccc2-c2ccccc21)N1CC(Br)C1. The van der Waals surface area contributed by atoms with Gasteiger partial charge in [-0.3, -0.25) is 0 Å². The molecule has 2 aromatic rings. The molecule has 22 heavy (non-hydrogen) atoms. The molecule has 1 heterocycles. The number of amides is 1. The van der Waals surface area contributed by atoms with Crippen molar-refractivity contribution in [1.82, 2.24) is 4.90 Å². The highest BCUT2D eigenvalue weighted by Gasteiger charge is 2.32. The molecule has 2 aromatic carbocycles. The number of ether oxygens (including phenoxy) is 1. The molecule has 0 N–H and O–H groups in total. The molecule has 1 fully saturated rings. The molecule has 1 saturated heterocycles. The zero-order valence-corrected chi connectivity index (χ0v) is 13.6. The van der Waals surface area contributed by atoms with Gasteiger partial charge in [-0.1, -0.05) is 64.5 Å². The van der Waals surface area contributed by atoms with Crippen LogP contribution in [0.3, 0.4) is 0 Å². The third-order valence-corrected chi connectivity index (χ3v) is 5.01. The van der Waals surface area contributed by atoms with E-state index in [1.165, 1.54) is 22.3 Å². The fourth-order valence-electron chi connectivity index (χ4n) is 3.26. The molecule has 3 nitrogen and oxygen atoms in total. The van der Waals surface area contributed by atoms with Crippen molar-refractivity contribution in [3.8, 4) is 11.1 Å². The lowest BCUT2D eigenvalue weighted by Gasteiger charge is -2.35. The molecule has 0 bridgehead atoms. The summed E-state index contributed by atoms with van der Waals surface area (Å²) in [6.45, 7) is 1.86. The minimum absolute atomic E-state index is 0.136. The van der Waals surface area contributed by atoms with E-state index in [2.05, 4.69) is 52.3 Å². The second-order valence-corrected chi connectivity index (χ2v) is 7.10. The van der Waals surface area contributed by atoms with Crippen molar-refractivity contribution < 1.29 is 9.53 Å². The molecule has 1 aliphatic heterocycles. The maximum atomic E-state index is 12.0. The van der Waals surface area contributed by atoms with Crippen molar-refractivity contribution in [3.05, 3.63) is 59.7 Å². The maximum Gasteiger partial charge on any atom is 0.409 e. The van der Waals surface area contributed by atoms with E-state index in [0.717, 1.165) is 13.1 Å². The molecule has 4 rings (SSSR count). The van der Waals surface area contributed by atoms with Crippen LogP contribution in [0.5, 0.6) is 0 Å². The summed E-state index contributed by atoms with van der Waals surface area (Å²) in [5.74, 6) is 0.136. The number of alkyl halides is 1. The smallest absolute Gasteiger partial charge is 0.409 e. The maximum absolute atomic E-state index is 12.0. The normalized spacial score (nSPS) is 16.9. The van der Waals surface area contributed by atoms with E-state index in [4.69, 9.17) is 4.74 Å². The molecular weight excluding hydrogens is 342 g/mol. The van der Waals surface area contributed by atoms with Crippen LogP contribution in [0.1, 0.15) is 17.0 Å². The van der Waals surface area contributed by atoms with Gasteiger partial charge in [0.2, 0.25) is 0 Å². The van der Waals surface area contributed by atoms with Crippen molar-refractivity contribution in [3.63, 3.8) is 0 Å². The lowest BCUT2D eigenvalue weighted by Crippen LogP contribution is -2.51. The van der Waals surface area contributed by atoms with Gasteiger partial charge in [-0.25, -0.2) is 4.79 Å². The number of benzene rings is 2. The van der Waals surface area contributed by atoms with Gasteiger partial charge in [0.1, 0.15) is 6.61 Å². The summed E-state index contributed by atoms with van der Waals surface area (Å²) >= 11 is 3.48. The van der Waals surface area contributed by atoms with E-state index >= 15 is 0 Å². The topological polar surface area (TPSA) is 29.5 Å². The van der Waals surface area contributed by atoms with E-state index in [9.17, 15) is 4.79 Å². The number of hydrogen-bond acceptors (Lipinski definition) is 2. The predicted octanol–water partition coefficient (Wildman–Crippen LogP) is 4.01. The van der Waals surface area contributed by atoms with Crippen LogP contribution in [0.4, 0.5) is 4.79 Å². The summed E-state index contributed by atoms with van der Waals surface area (Å²) in [7, 11) is 0. The van der Waals surface area contributed by atoms with Crippen molar-refractivity contribution in [2.24, 2.45) is 0 Å². The standard InChI is InChI=1S/C18H16BrNO2/c19-12-9-20(10-12)18(21)22-11-17-15-7-3-1-5-13(15)14-6-2-4-8-16(14)17/h1-8,12,17H,9-11H2. The first kappa shape index (κ1) is 13.8. The molecule has 2 aliphatic rings. The highest BCUT2D eigenvalue weighted by Crippen LogP contribution is 2.44. The summed E-state index contributed by atoms with van der Waals surface area (Å²) in [4.78, 5) is 14.2. The molecule has 0 unspecified atom stereocenters. The van der Waals surface area contributed by atoms with Gasteiger partial charge >= 0.3 is 6.09 Å². The van der Waals surface area contributed by atoms with E-state index < -0.39 is 0 Å². The highest BCUT2D eigenvalue weighted by molar-refractivity contribution is 9.09. The van der Waals surface area contributed by atoms with Crippen molar-refractivity contribution in [2.75, 3.05) is 19.7 Å². The number of carbonyl (C=O) groups is 1. The van der Waals surface area contributed by atoms with Crippen LogP contribution in [0, 0.1) is 0 Å². The minimum atomic E-state index is -0.211. The van der Waals surface area contributed by atoms with Crippen molar-refractivity contribution in [2.45, 2.75) is 10.7 Å². The number of rotatable bonds is 2. The summed E-state index contributed by atoms with van der Waals surface area (Å²) in [6, 6.07) is 16.7. The largest absolute Gasteiger partial charge is 0.448 e. The fourth-order valence-corrected chi connectivity index (χ4v) is 3.96. The summed E-state index contributed by atoms with van der Waals surface area (Å²) < 4.78 is 5.56. The quantitative estimate of drug-likeness (QED) is 0.759. The van der Waals surface area contributed by atoms with Gasteiger partial charge in [0.15, 0.2) is 0 Å². The predicted molar refractivity (Wildman–Crippen MR) is 89.4 cm³/mol. The molecule has 0 saturated carbocycles. The Kier molecular flexibility index (Phi) is 3.41. The minimum Gasteiger partial charge on any atom is -0.448 e.